The molecule has 0 aromatic heterocycles. The van der Waals surface area contributed by atoms with Crippen LogP contribution < -0.4 is 0 Å². The van der Waals surface area contributed by atoms with E-state index in [2.05, 4.69) is 18.7 Å². The molecule has 2 heteroatoms. The summed E-state index contributed by atoms with van der Waals surface area (Å²) in [5.74, 6) is 0.987. The van der Waals surface area contributed by atoms with Crippen LogP contribution in [0.15, 0.2) is 35.7 Å². The van der Waals surface area contributed by atoms with E-state index in [4.69, 9.17) is 4.74 Å². The van der Waals surface area contributed by atoms with Gasteiger partial charge in [-0.3, -0.25) is 0 Å². The summed E-state index contributed by atoms with van der Waals surface area (Å²) in [6.45, 7) is 4.56. The quantitative estimate of drug-likeness (QED) is 0.526. The lowest BCUT2D eigenvalue weighted by molar-refractivity contribution is 0.218. The van der Waals surface area contributed by atoms with Crippen molar-refractivity contribution < 1.29 is 4.74 Å². The zero-order valence-corrected chi connectivity index (χ0v) is 8.64. The Hall–Kier alpha value is -0.730. The molecule has 0 aliphatic rings. The number of benzene rings is 1. The molecule has 0 heterocycles. The lowest BCUT2D eigenvalue weighted by Crippen LogP contribution is -1.91. The summed E-state index contributed by atoms with van der Waals surface area (Å²) in [7, 11) is 1.72. The first-order chi connectivity index (χ1) is 6.38. The van der Waals surface area contributed by atoms with Crippen LogP contribution >= 0.6 is 11.8 Å². The minimum Gasteiger partial charge on any atom is -0.384 e. The highest BCUT2D eigenvalue weighted by atomic mass is 32.2. The second-order valence-corrected chi connectivity index (χ2v) is 3.72. The molecule has 1 aromatic rings. The van der Waals surface area contributed by atoms with Gasteiger partial charge in [0.15, 0.2) is 0 Å². The maximum atomic E-state index is 4.99. The van der Waals surface area contributed by atoms with Crippen LogP contribution in [0.1, 0.15) is 5.56 Å². The van der Waals surface area contributed by atoms with Gasteiger partial charge in [-0.1, -0.05) is 30.9 Å². The summed E-state index contributed by atoms with van der Waals surface area (Å²) < 4.78 is 4.99. The highest BCUT2D eigenvalue weighted by Crippen LogP contribution is 2.22. The standard InChI is InChI=1S/C11H14OS/c1-3-10-6-4-5-7-11(10)13-9-8-12-2/h3-7H,1,8-9H2,2H3. The lowest BCUT2D eigenvalue weighted by atomic mass is 10.2. The number of hydrogen-bond acceptors (Lipinski definition) is 2. The summed E-state index contributed by atoms with van der Waals surface area (Å²) >= 11 is 1.80. The SMILES string of the molecule is C=Cc1ccccc1SCCOC. The Morgan fingerprint density at radius 1 is 1.46 bits per heavy atom. The van der Waals surface area contributed by atoms with E-state index in [1.54, 1.807) is 18.9 Å². The third-order valence-corrected chi connectivity index (χ3v) is 2.74. The Morgan fingerprint density at radius 2 is 2.23 bits per heavy atom. The molecule has 70 valence electrons. The molecular formula is C11H14OS. The topological polar surface area (TPSA) is 9.23 Å². The smallest absolute Gasteiger partial charge is 0.0556 e. The third-order valence-electron chi connectivity index (χ3n) is 1.68. The van der Waals surface area contributed by atoms with Crippen LogP contribution in [0.5, 0.6) is 0 Å². The van der Waals surface area contributed by atoms with Crippen molar-refractivity contribution in [2.24, 2.45) is 0 Å². The van der Waals surface area contributed by atoms with E-state index in [0.29, 0.717) is 0 Å². The number of ether oxygens (including phenoxy) is 1. The fourth-order valence-electron chi connectivity index (χ4n) is 1.02. The zero-order valence-electron chi connectivity index (χ0n) is 7.82. The van der Waals surface area contributed by atoms with Gasteiger partial charge < -0.3 is 4.74 Å². The molecule has 0 atom stereocenters. The normalized spacial score (nSPS) is 9.92. The maximum absolute atomic E-state index is 4.99. The van der Waals surface area contributed by atoms with Crippen LogP contribution in [0.4, 0.5) is 0 Å². The van der Waals surface area contributed by atoms with Crippen molar-refractivity contribution in [2.45, 2.75) is 4.90 Å². The Morgan fingerprint density at radius 3 is 2.92 bits per heavy atom. The maximum Gasteiger partial charge on any atom is 0.0556 e. The van der Waals surface area contributed by atoms with Gasteiger partial charge in [-0.25, -0.2) is 0 Å². The van der Waals surface area contributed by atoms with Crippen molar-refractivity contribution in [2.75, 3.05) is 19.5 Å². The Balaban J connectivity index is 2.59. The first kappa shape index (κ1) is 10.4. The first-order valence-electron chi connectivity index (χ1n) is 4.21. The Kier molecular flexibility index (Phi) is 4.65. The number of hydrogen-bond donors (Lipinski definition) is 0. The van der Waals surface area contributed by atoms with Crippen LogP contribution in [-0.2, 0) is 4.74 Å². The van der Waals surface area contributed by atoms with Crippen LogP contribution in [0, 0.1) is 0 Å². The van der Waals surface area contributed by atoms with Crippen molar-refractivity contribution in [3.63, 3.8) is 0 Å². The largest absolute Gasteiger partial charge is 0.384 e. The van der Waals surface area contributed by atoms with E-state index in [-0.39, 0.29) is 0 Å². The van der Waals surface area contributed by atoms with Gasteiger partial charge in [0.2, 0.25) is 0 Å². The zero-order chi connectivity index (χ0) is 9.52. The molecule has 0 aliphatic heterocycles. The molecule has 1 nitrogen and oxygen atoms in total. The van der Waals surface area contributed by atoms with Gasteiger partial charge in [0, 0.05) is 17.8 Å². The molecule has 0 saturated heterocycles. The minimum absolute atomic E-state index is 0.788. The predicted molar refractivity (Wildman–Crippen MR) is 59.1 cm³/mol. The molecule has 0 saturated carbocycles. The predicted octanol–water partition coefficient (Wildman–Crippen LogP) is 3.07. The molecule has 0 unspecified atom stereocenters. The summed E-state index contributed by atoms with van der Waals surface area (Å²) in [6.07, 6.45) is 1.88. The van der Waals surface area contributed by atoms with Gasteiger partial charge in [0.05, 0.1) is 6.61 Å². The van der Waals surface area contributed by atoms with E-state index < -0.39 is 0 Å². The van der Waals surface area contributed by atoms with Crippen molar-refractivity contribution in [3.8, 4) is 0 Å². The minimum atomic E-state index is 0.788. The molecular weight excluding hydrogens is 180 g/mol. The van der Waals surface area contributed by atoms with Gasteiger partial charge in [0.25, 0.3) is 0 Å². The highest BCUT2D eigenvalue weighted by Gasteiger charge is 1.97. The van der Waals surface area contributed by atoms with Crippen molar-refractivity contribution in [3.05, 3.63) is 36.4 Å². The lowest BCUT2D eigenvalue weighted by Gasteiger charge is -2.04. The second kappa shape index (κ2) is 5.84. The summed E-state index contributed by atoms with van der Waals surface area (Å²) in [5.41, 5.74) is 1.20. The molecule has 0 amide bonds. The first-order valence-corrected chi connectivity index (χ1v) is 5.20. The number of rotatable bonds is 5. The molecule has 13 heavy (non-hydrogen) atoms. The van der Waals surface area contributed by atoms with Gasteiger partial charge in [-0.05, 0) is 11.6 Å². The fraction of sp³-hybridized carbons (Fsp3) is 0.273. The van der Waals surface area contributed by atoms with Gasteiger partial charge in [-0.2, -0.15) is 0 Å². The fourth-order valence-corrected chi connectivity index (χ4v) is 1.98. The molecule has 0 N–H and O–H groups in total. The van der Waals surface area contributed by atoms with E-state index in [1.807, 2.05) is 18.2 Å². The Labute approximate surface area is 83.8 Å². The van der Waals surface area contributed by atoms with Crippen molar-refractivity contribution in [1.29, 1.82) is 0 Å². The molecule has 0 aliphatic carbocycles. The molecule has 0 bridgehead atoms. The molecule has 0 spiro atoms. The summed E-state index contributed by atoms with van der Waals surface area (Å²) in [6, 6.07) is 8.25. The highest BCUT2D eigenvalue weighted by molar-refractivity contribution is 7.99. The van der Waals surface area contributed by atoms with Gasteiger partial charge in [-0.15, -0.1) is 11.8 Å². The molecule has 0 fully saturated rings. The van der Waals surface area contributed by atoms with Crippen LogP contribution in [0.3, 0.4) is 0 Å². The number of thioether (sulfide) groups is 1. The van der Waals surface area contributed by atoms with Crippen LogP contribution in [0.25, 0.3) is 6.08 Å². The van der Waals surface area contributed by atoms with Gasteiger partial charge >= 0.3 is 0 Å². The average molecular weight is 194 g/mol. The number of methoxy groups -OCH3 is 1. The average Bonchev–Trinajstić information content (AvgIpc) is 2.19. The second-order valence-electron chi connectivity index (χ2n) is 2.58. The van der Waals surface area contributed by atoms with Crippen molar-refractivity contribution in [1.82, 2.24) is 0 Å². The van der Waals surface area contributed by atoms with Crippen LogP contribution in [0.2, 0.25) is 0 Å². The van der Waals surface area contributed by atoms with E-state index in [1.165, 1.54) is 10.5 Å². The molecule has 1 aromatic carbocycles. The summed E-state index contributed by atoms with van der Waals surface area (Å²) in [4.78, 5) is 1.27. The Bertz CT molecular complexity index is 271. The van der Waals surface area contributed by atoms with Crippen LogP contribution in [-0.4, -0.2) is 19.5 Å². The van der Waals surface area contributed by atoms with Gasteiger partial charge in [0.1, 0.15) is 0 Å². The molecule has 1 rings (SSSR count). The summed E-state index contributed by atoms with van der Waals surface area (Å²) in [5, 5.41) is 0. The monoisotopic (exact) mass is 194 g/mol. The van der Waals surface area contributed by atoms with E-state index >= 15 is 0 Å². The third kappa shape index (κ3) is 3.25. The molecule has 0 radical (unpaired) electrons. The van der Waals surface area contributed by atoms with Crippen molar-refractivity contribution >= 4 is 17.8 Å². The van der Waals surface area contributed by atoms with E-state index in [9.17, 15) is 0 Å². The van der Waals surface area contributed by atoms with E-state index in [0.717, 1.165) is 12.4 Å².